The summed E-state index contributed by atoms with van der Waals surface area (Å²) < 4.78 is 5.12. The van der Waals surface area contributed by atoms with E-state index in [1.165, 1.54) is 0 Å². The van der Waals surface area contributed by atoms with E-state index in [0.717, 1.165) is 27.8 Å². The molecule has 0 aliphatic rings. The van der Waals surface area contributed by atoms with Crippen LogP contribution in [0.2, 0.25) is 0 Å². The van der Waals surface area contributed by atoms with Crippen LogP contribution in [0.5, 0.6) is 5.75 Å². The van der Waals surface area contributed by atoms with Crippen molar-refractivity contribution in [3.63, 3.8) is 0 Å². The Bertz CT molecular complexity index is 978. The molecular weight excluding hydrogens is 326 g/mol. The lowest BCUT2D eigenvalue weighted by molar-refractivity contribution is -0.117. The number of methoxy groups -OCH3 is 1. The molecule has 3 rings (SSSR count). The SMILES string of the molecule is COc1ccc(CCNC(=O)C(C#N)=Cc2c[nH]c3ccccc23)cc1. The average molecular weight is 345 g/mol. The van der Waals surface area contributed by atoms with Gasteiger partial charge in [0.1, 0.15) is 17.4 Å². The van der Waals surface area contributed by atoms with Crippen LogP contribution in [0.3, 0.4) is 0 Å². The minimum absolute atomic E-state index is 0.0875. The highest BCUT2D eigenvalue weighted by atomic mass is 16.5. The van der Waals surface area contributed by atoms with Crippen LogP contribution in [-0.2, 0) is 11.2 Å². The number of nitriles is 1. The number of benzene rings is 2. The molecule has 0 saturated carbocycles. The number of carbonyl (C=O) groups excluding carboxylic acids is 1. The van der Waals surface area contributed by atoms with Crippen LogP contribution in [0.25, 0.3) is 17.0 Å². The minimum atomic E-state index is -0.369. The van der Waals surface area contributed by atoms with Crippen molar-refractivity contribution >= 4 is 22.9 Å². The van der Waals surface area contributed by atoms with Crippen molar-refractivity contribution in [3.05, 3.63) is 71.4 Å². The van der Waals surface area contributed by atoms with Crippen LogP contribution in [-0.4, -0.2) is 24.5 Å². The van der Waals surface area contributed by atoms with Crippen LogP contribution in [0.4, 0.5) is 0 Å². The third-order valence-corrected chi connectivity index (χ3v) is 4.14. The maximum atomic E-state index is 12.3. The number of carbonyl (C=O) groups is 1. The summed E-state index contributed by atoms with van der Waals surface area (Å²) in [7, 11) is 1.62. The Morgan fingerprint density at radius 2 is 2.00 bits per heavy atom. The molecule has 0 aliphatic carbocycles. The van der Waals surface area contributed by atoms with Gasteiger partial charge in [0.15, 0.2) is 0 Å². The van der Waals surface area contributed by atoms with Crippen molar-refractivity contribution in [2.75, 3.05) is 13.7 Å². The molecule has 5 heteroatoms. The molecule has 26 heavy (non-hydrogen) atoms. The van der Waals surface area contributed by atoms with Gasteiger partial charge < -0.3 is 15.0 Å². The van der Waals surface area contributed by atoms with Gasteiger partial charge in [-0.25, -0.2) is 0 Å². The van der Waals surface area contributed by atoms with E-state index >= 15 is 0 Å². The van der Waals surface area contributed by atoms with Gasteiger partial charge in [0.2, 0.25) is 0 Å². The lowest BCUT2D eigenvalue weighted by Crippen LogP contribution is -2.26. The predicted octanol–water partition coefficient (Wildman–Crippen LogP) is 3.44. The highest BCUT2D eigenvalue weighted by Crippen LogP contribution is 2.20. The second-order valence-electron chi connectivity index (χ2n) is 5.81. The summed E-state index contributed by atoms with van der Waals surface area (Å²) in [5.74, 6) is 0.428. The highest BCUT2D eigenvalue weighted by molar-refractivity contribution is 6.03. The maximum Gasteiger partial charge on any atom is 0.261 e. The van der Waals surface area contributed by atoms with Gasteiger partial charge in [0.25, 0.3) is 5.91 Å². The van der Waals surface area contributed by atoms with Gasteiger partial charge in [-0.3, -0.25) is 4.79 Å². The zero-order chi connectivity index (χ0) is 18.4. The summed E-state index contributed by atoms with van der Waals surface area (Å²) in [6.45, 7) is 0.456. The molecule has 2 N–H and O–H groups in total. The van der Waals surface area contributed by atoms with E-state index in [4.69, 9.17) is 4.74 Å². The van der Waals surface area contributed by atoms with E-state index in [2.05, 4.69) is 10.3 Å². The number of aromatic amines is 1. The number of aromatic nitrogens is 1. The summed E-state index contributed by atoms with van der Waals surface area (Å²) in [5, 5.41) is 13.1. The first-order valence-corrected chi connectivity index (χ1v) is 8.30. The summed E-state index contributed by atoms with van der Waals surface area (Å²) >= 11 is 0. The number of hydrogen-bond acceptors (Lipinski definition) is 3. The first-order valence-electron chi connectivity index (χ1n) is 8.30. The van der Waals surface area contributed by atoms with E-state index in [1.807, 2.05) is 54.6 Å². The molecule has 5 nitrogen and oxygen atoms in total. The fourth-order valence-electron chi connectivity index (χ4n) is 2.73. The van der Waals surface area contributed by atoms with Crippen LogP contribution < -0.4 is 10.1 Å². The average Bonchev–Trinajstić information content (AvgIpc) is 3.09. The van der Waals surface area contributed by atoms with Crippen molar-refractivity contribution in [3.8, 4) is 11.8 Å². The maximum absolute atomic E-state index is 12.3. The van der Waals surface area contributed by atoms with Gasteiger partial charge in [-0.15, -0.1) is 0 Å². The van der Waals surface area contributed by atoms with Crippen molar-refractivity contribution in [1.29, 1.82) is 5.26 Å². The van der Waals surface area contributed by atoms with Crippen molar-refractivity contribution in [2.24, 2.45) is 0 Å². The molecule has 130 valence electrons. The zero-order valence-corrected chi connectivity index (χ0v) is 14.5. The number of H-pyrrole nitrogens is 1. The predicted molar refractivity (Wildman–Crippen MR) is 102 cm³/mol. The number of nitrogens with zero attached hydrogens (tertiary/aromatic N) is 1. The topological polar surface area (TPSA) is 77.9 Å². The number of nitrogens with one attached hydrogen (secondary N) is 2. The quantitative estimate of drug-likeness (QED) is 0.531. The molecule has 1 amide bonds. The highest BCUT2D eigenvalue weighted by Gasteiger charge is 2.10. The normalized spacial score (nSPS) is 11.2. The van der Waals surface area contributed by atoms with Crippen molar-refractivity contribution in [1.82, 2.24) is 10.3 Å². The molecule has 1 aromatic heterocycles. The molecule has 0 spiro atoms. The van der Waals surface area contributed by atoms with Crippen LogP contribution >= 0.6 is 0 Å². The van der Waals surface area contributed by atoms with Gasteiger partial charge in [-0.2, -0.15) is 5.26 Å². The van der Waals surface area contributed by atoms with E-state index in [9.17, 15) is 10.1 Å². The molecular formula is C21H19N3O2. The molecule has 1 heterocycles. The number of para-hydroxylation sites is 1. The first-order chi connectivity index (χ1) is 12.7. The van der Waals surface area contributed by atoms with Crippen molar-refractivity contribution in [2.45, 2.75) is 6.42 Å². The zero-order valence-electron chi connectivity index (χ0n) is 14.5. The smallest absolute Gasteiger partial charge is 0.261 e. The van der Waals surface area contributed by atoms with Gasteiger partial charge in [0.05, 0.1) is 7.11 Å². The Morgan fingerprint density at radius 3 is 2.73 bits per heavy atom. The van der Waals surface area contributed by atoms with E-state index in [-0.39, 0.29) is 11.5 Å². The number of fused-ring (bicyclic) bond motifs is 1. The molecule has 2 aromatic carbocycles. The lowest BCUT2D eigenvalue weighted by atomic mass is 10.1. The summed E-state index contributed by atoms with van der Waals surface area (Å²) in [6.07, 6.45) is 4.09. The second-order valence-corrected chi connectivity index (χ2v) is 5.81. The number of hydrogen-bond donors (Lipinski definition) is 2. The van der Waals surface area contributed by atoms with Gasteiger partial charge in [-0.1, -0.05) is 30.3 Å². The van der Waals surface area contributed by atoms with Gasteiger partial charge >= 0.3 is 0 Å². The van der Waals surface area contributed by atoms with Gasteiger partial charge in [-0.05, 0) is 36.3 Å². The van der Waals surface area contributed by atoms with Crippen LogP contribution in [0.1, 0.15) is 11.1 Å². The Labute approximate surface area is 151 Å². The molecule has 0 bridgehead atoms. The molecule has 0 aliphatic heterocycles. The molecule has 0 saturated heterocycles. The van der Waals surface area contributed by atoms with Crippen LogP contribution in [0.15, 0.2) is 60.3 Å². The Balaban J connectivity index is 1.64. The van der Waals surface area contributed by atoms with Crippen molar-refractivity contribution < 1.29 is 9.53 Å². The monoisotopic (exact) mass is 345 g/mol. The second kappa shape index (κ2) is 8.04. The fourth-order valence-corrected chi connectivity index (χ4v) is 2.73. The molecule has 0 atom stereocenters. The summed E-state index contributed by atoms with van der Waals surface area (Å²) in [5.41, 5.74) is 2.97. The number of ether oxygens (including phenoxy) is 1. The molecule has 0 unspecified atom stereocenters. The number of amides is 1. The molecule has 0 radical (unpaired) electrons. The van der Waals surface area contributed by atoms with E-state index < -0.39 is 0 Å². The Morgan fingerprint density at radius 1 is 1.23 bits per heavy atom. The third-order valence-electron chi connectivity index (χ3n) is 4.14. The molecule has 3 aromatic rings. The number of rotatable bonds is 6. The minimum Gasteiger partial charge on any atom is -0.497 e. The largest absolute Gasteiger partial charge is 0.497 e. The van der Waals surface area contributed by atoms with E-state index in [1.54, 1.807) is 19.4 Å². The van der Waals surface area contributed by atoms with Crippen LogP contribution in [0, 0.1) is 11.3 Å². The third kappa shape index (κ3) is 3.93. The molecule has 0 fully saturated rings. The summed E-state index contributed by atoms with van der Waals surface area (Å²) in [4.78, 5) is 15.4. The van der Waals surface area contributed by atoms with E-state index in [0.29, 0.717) is 13.0 Å². The summed E-state index contributed by atoms with van der Waals surface area (Å²) in [6, 6.07) is 17.4. The lowest BCUT2D eigenvalue weighted by Gasteiger charge is -2.05. The standard InChI is InChI=1S/C21H19N3O2/c1-26-18-8-6-15(7-9-18)10-11-23-21(25)16(13-22)12-17-14-24-20-5-3-2-4-19(17)20/h2-9,12,14,24H,10-11H2,1H3,(H,23,25). The Kier molecular flexibility index (Phi) is 5.35. The first kappa shape index (κ1) is 17.3. The fraction of sp³-hybridized carbons (Fsp3) is 0.143. The Hall–Kier alpha value is -3.52. The van der Waals surface area contributed by atoms with Gasteiger partial charge in [0, 0.05) is 29.2 Å².